The maximum Gasteiger partial charge on any atom is 0.338 e. The second-order valence-corrected chi connectivity index (χ2v) is 6.49. The van der Waals surface area contributed by atoms with Crippen molar-refractivity contribution in [3.63, 3.8) is 0 Å². The van der Waals surface area contributed by atoms with Gasteiger partial charge in [0, 0.05) is 18.5 Å². The third kappa shape index (κ3) is 5.84. The number of esters is 2. The quantitative estimate of drug-likeness (QED) is 0.695. The van der Waals surface area contributed by atoms with Crippen molar-refractivity contribution in [1.82, 2.24) is 0 Å². The van der Waals surface area contributed by atoms with E-state index in [1.807, 2.05) is 6.92 Å². The number of ether oxygens (including phenoxy) is 2. The van der Waals surface area contributed by atoms with Crippen molar-refractivity contribution in [2.45, 2.75) is 26.2 Å². The van der Waals surface area contributed by atoms with E-state index >= 15 is 0 Å². The summed E-state index contributed by atoms with van der Waals surface area (Å²) in [5.74, 6) is -0.654. The van der Waals surface area contributed by atoms with E-state index in [1.54, 1.807) is 24.3 Å². The number of carbonyl (C=O) groups excluding carboxylic acids is 3. The molecule has 0 bridgehead atoms. The molecule has 142 valence electrons. The smallest absolute Gasteiger partial charge is 0.338 e. The lowest BCUT2D eigenvalue weighted by molar-refractivity contribution is -0.897. The Bertz CT molecular complexity index is 621. The molecule has 0 saturated carbocycles. The molecular weight excluding hydrogens is 336 g/mol. The Morgan fingerprint density at radius 2 is 1.81 bits per heavy atom. The number of anilines is 1. The van der Waals surface area contributed by atoms with Gasteiger partial charge in [-0.2, -0.15) is 0 Å². The van der Waals surface area contributed by atoms with Crippen LogP contribution in [0.4, 0.5) is 5.69 Å². The van der Waals surface area contributed by atoms with Crippen molar-refractivity contribution in [1.29, 1.82) is 0 Å². The van der Waals surface area contributed by atoms with Gasteiger partial charge in [0.1, 0.15) is 0 Å². The van der Waals surface area contributed by atoms with Gasteiger partial charge >= 0.3 is 11.9 Å². The molecule has 0 aliphatic carbocycles. The molecule has 2 rings (SSSR count). The van der Waals surface area contributed by atoms with Gasteiger partial charge in [-0.15, -0.1) is 0 Å². The molecule has 0 spiro atoms. The molecule has 2 N–H and O–H groups in total. The minimum atomic E-state index is -0.359. The highest BCUT2D eigenvalue weighted by Crippen LogP contribution is 2.12. The monoisotopic (exact) mass is 363 g/mol. The highest BCUT2D eigenvalue weighted by molar-refractivity contribution is 5.93. The largest absolute Gasteiger partial charge is 0.469 e. The minimum absolute atomic E-state index is 0.0492. The van der Waals surface area contributed by atoms with E-state index in [1.165, 1.54) is 7.11 Å². The summed E-state index contributed by atoms with van der Waals surface area (Å²) in [4.78, 5) is 36.6. The van der Waals surface area contributed by atoms with E-state index in [9.17, 15) is 14.4 Å². The van der Waals surface area contributed by atoms with Gasteiger partial charge in [0.2, 0.25) is 0 Å². The van der Waals surface area contributed by atoms with Crippen LogP contribution in [0.2, 0.25) is 0 Å². The van der Waals surface area contributed by atoms with E-state index < -0.39 is 0 Å². The summed E-state index contributed by atoms with van der Waals surface area (Å²) in [6.07, 6.45) is 2.26. The molecule has 1 aromatic carbocycles. The lowest BCUT2D eigenvalue weighted by atomic mass is 9.97. The number of benzene rings is 1. The molecule has 26 heavy (non-hydrogen) atoms. The number of amides is 1. The number of likely N-dealkylation sites (tertiary alicyclic amines) is 1. The first-order valence-electron chi connectivity index (χ1n) is 9.02. The van der Waals surface area contributed by atoms with Crippen LogP contribution in [0.5, 0.6) is 0 Å². The first-order valence-corrected chi connectivity index (χ1v) is 9.02. The number of rotatable bonds is 7. The number of methoxy groups -OCH3 is 1. The van der Waals surface area contributed by atoms with Gasteiger partial charge in [0.25, 0.3) is 5.91 Å². The van der Waals surface area contributed by atoms with E-state index in [2.05, 4.69) is 5.32 Å². The van der Waals surface area contributed by atoms with Crippen molar-refractivity contribution in [2.24, 2.45) is 5.92 Å². The zero-order chi connectivity index (χ0) is 18.9. The van der Waals surface area contributed by atoms with Gasteiger partial charge in [-0.3, -0.25) is 9.59 Å². The first kappa shape index (κ1) is 19.9. The zero-order valence-corrected chi connectivity index (χ0v) is 15.4. The van der Waals surface area contributed by atoms with Gasteiger partial charge < -0.3 is 19.7 Å². The van der Waals surface area contributed by atoms with Crippen molar-refractivity contribution < 1.29 is 28.8 Å². The number of nitrogens with one attached hydrogen (secondary N) is 2. The fourth-order valence-corrected chi connectivity index (χ4v) is 3.01. The Kier molecular flexibility index (Phi) is 7.59. The molecule has 1 saturated heterocycles. The van der Waals surface area contributed by atoms with Crippen LogP contribution in [0.1, 0.15) is 36.5 Å². The molecule has 1 aromatic rings. The molecule has 1 aliphatic heterocycles. The maximum absolute atomic E-state index is 12.2. The van der Waals surface area contributed by atoms with Crippen LogP contribution < -0.4 is 10.2 Å². The van der Waals surface area contributed by atoms with Gasteiger partial charge in [-0.05, 0) is 30.7 Å². The van der Waals surface area contributed by atoms with Gasteiger partial charge in [0.15, 0.2) is 6.54 Å². The second kappa shape index (κ2) is 9.91. The summed E-state index contributed by atoms with van der Waals surface area (Å²) >= 11 is 0. The van der Waals surface area contributed by atoms with E-state index in [0.717, 1.165) is 37.3 Å². The standard InChI is InChI=1S/C19H26N2O5/c1-3-12-26-19(24)14-4-6-16(7-5-14)20-17(22)13-21-10-8-15(9-11-21)18(23)25-2/h4-7,15H,3,8-13H2,1-2H3,(H,20,22)/p+1. The molecular formula is C19H27N2O5+. The summed E-state index contributed by atoms with van der Waals surface area (Å²) in [5, 5.41) is 2.84. The lowest BCUT2D eigenvalue weighted by Gasteiger charge is -2.27. The van der Waals surface area contributed by atoms with E-state index in [-0.39, 0.29) is 23.8 Å². The lowest BCUT2D eigenvalue weighted by Crippen LogP contribution is -3.14. The summed E-state index contributed by atoms with van der Waals surface area (Å²) in [6, 6.07) is 6.67. The van der Waals surface area contributed by atoms with Crippen LogP contribution in [0.3, 0.4) is 0 Å². The Balaban J connectivity index is 1.78. The minimum Gasteiger partial charge on any atom is -0.469 e. The molecule has 1 aliphatic rings. The highest BCUT2D eigenvalue weighted by atomic mass is 16.5. The molecule has 1 fully saturated rings. The van der Waals surface area contributed by atoms with Crippen LogP contribution in [0.15, 0.2) is 24.3 Å². The average molecular weight is 363 g/mol. The van der Waals surface area contributed by atoms with Crippen LogP contribution in [-0.4, -0.2) is 51.2 Å². The maximum atomic E-state index is 12.2. The van der Waals surface area contributed by atoms with Gasteiger partial charge in [0.05, 0.1) is 38.3 Å². The number of hydrogen-bond donors (Lipinski definition) is 2. The number of hydrogen-bond acceptors (Lipinski definition) is 5. The van der Waals surface area contributed by atoms with Crippen molar-refractivity contribution >= 4 is 23.5 Å². The van der Waals surface area contributed by atoms with E-state index in [4.69, 9.17) is 9.47 Å². The summed E-state index contributed by atoms with van der Waals surface area (Å²) < 4.78 is 9.84. The molecule has 1 heterocycles. The Morgan fingerprint density at radius 1 is 1.15 bits per heavy atom. The Labute approximate surface area is 153 Å². The van der Waals surface area contributed by atoms with Crippen molar-refractivity contribution in [3.05, 3.63) is 29.8 Å². The van der Waals surface area contributed by atoms with E-state index in [0.29, 0.717) is 24.4 Å². The average Bonchev–Trinajstić information content (AvgIpc) is 2.66. The molecule has 0 radical (unpaired) electrons. The fourth-order valence-electron chi connectivity index (χ4n) is 3.01. The third-order valence-corrected chi connectivity index (χ3v) is 4.48. The summed E-state index contributed by atoms with van der Waals surface area (Å²) in [5.41, 5.74) is 1.11. The van der Waals surface area contributed by atoms with Crippen LogP contribution in [0.25, 0.3) is 0 Å². The highest BCUT2D eigenvalue weighted by Gasteiger charge is 2.29. The van der Waals surface area contributed by atoms with Crippen LogP contribution in [-0.2, 0) is 19.1 Å². The fraction of sp³-hybridized carbons (Fsp3) is 0.526. The molecule has 7 nitrogen and oxygen atoms in total. The molecule has 0 atom stereocenters. The molecule has 7 heteroatoms. The van der Waals surface area contributed by atoms with Crippen LogP contribution >= 0.6 is 0 Å². The SMILES string of the molecule is CCCOC(=O)c1ccc(NC(=O)C[NH+]2CCC(C(=O)OC)CC2)cc1. The summed E-state index contributed by atoms with van der Waals surface area (Å²) in [7, 11) is 1.41. The molecule has 0 aromatic heterocycles. The van der Waals surface area contributed by atoms with Crippen molar-refractivity contribution in [3.8, 4) is 0 Å². The second-order valence-electron chi connectivity index (χ2n) is 6.49. The van der Waals surface area contributed by atoms with Crippen LogP contribution in [0, 0.1) is 5.92 Å². The van der Waals surface area contributed by atoms with Crippen molar-refractivity contribution in [2.75, 3.05) is 38.7 Å². The zero-order valence-electron chi connectivity index (χ0n) is 15.4. The Hall–Kier alpha value is -2.41. The number of piperidine rings is 1. The topological polar surface area (TPSA) is 86.1 Å². The molecule has 0 unspecified atom stereocenters. The normalized spacial score (nSPS) is 19.5. The first-order chi connectivity index (χ1) is 12.5. The number of quaternary nitrogens is 1. The Morgan fingerprint density at radius 3 is 2.38 bits per heavy atom. The summed E-state index contributed by atoms with van der Waals surface area (Å²) in [6.45, 7) is 4.23. The van der Waals surface area contributed by atoms with Gasteiger partial charge in [-0.1, -0.05) is 6.92 Å². The molecule has 1 amide bonds. The predicted octanol–water partition coefficient (Wildman–Crippen LogP) is 0.660. The number of carbonyl (C=O) groups is 3. The predicted molar refractivity (Wildman–Crippen MR) is 95.9 cm³/mol. The van der Waals surface area contributed by atoms with Gasteiger partial charge in [-0.25, -0.2) is 4.79 Å². The third-order valence-electron chi connectivity index (χ3n) is 4.48.